The van der Waals surface area contributed by atoms with E-state index < -0.39 is 0 Å². The maximum Gasteiger partial charge on any atom is 0.252 e. The van der Waals surface area contributed by atoms with Crippen molar-refractivity contribution in [2.24, 2.45) is 0 Å². The van der Waals surface area contributed by atoms with Gasteiger partial charge in [-0.15, -0.1) is 11.3 Å². The van der Waals surface area contributed by atoms with Crippen LogP contribution in [0.2, 0.25) is 0 Å². The number of rotatable bonds is 4. The molecule has 0 fully saturated rings. The number of thiophene rings is 1. The highest BCUT2D eigenvalue weighted by atomic mass is 32.1. The highest BCUT2D eigenvalue weighted by molar-refractivity contribution is 7.17. The summed E-state index contributed by atoms with van der Waals surface area (Å²) in [4.78, 5) is 16.0. The first-order chi connectivity index (χ1) is 12.1. The molecule has 0 aliphatic carbocycles. The summed E-state index contributed by atoms with van der Waals surface area (Å²) in [7, 11) is 0. The second-order valence-corrected chi connectivity index (χ2v) is 7.29. The van der Waals surface area contributed by atoms with Gasteiger partial charge in [0, 0.05) is 38.6 Å². The van der Waals surface area contributed by atoms with Gasteiger partial charge in [0.25, 0.3) is 5.91 Å². The first-order valence-electron chi connectivity index (χ1n) is 8.46. The molecule has 0 saturated carbocycles. The summed E-state index contributed by atoms with van der Waals surface area (Å²) < 4.78 is 1.15. The Bertz CT molecular complexity index is 1070. The van der Waals surface area contributed by atoms with Crippen LogP contribution in [-0.4, -0.2) is 17.4 Å². The molecule has 0 unspecified atom stereocenters. The number of aromatic amines is 1. The third kappa shape index (κ3) is 2.83. The normalized spacial score (nSPS) is 11.3. The molecule has 3 nitrogen and oxygen atoms in total. The molecule has 0 saturated heterocycles. The number of carbonyl (C=O) groups is 1. The lowest BCUT2D eigenvalue weighted by Crippen LogP contribution is -2.25. The van der Waals surface area contributed by atoms with Gasteiger partial charge in [0.2, 0.25) is 0 Å². The van der Waals surface area contributed by atoms with Crippen LogP contribution in [0.1, 0.15) is 27.2 Å². The van der Waals surface area contributed by atoms with Gasteiger partial charge in [0.1, 0.15) is 0 Å². The van der Waals surface area contributed by atoms with Gasteiger partial charge >= 0.3 is 0 Å². The summed E-state index contributed by atoms with van der Waals surface area (Å²) in [5, 5.41) is 7.31. The first-order valence-corrected chi connectivity index (χ1v) is 9.34. The number of H-pyrrole nitrogens is 1. The number of hydrogen-bond acceptors (Lipinski definition) is 2. The van der Waals surface area contributed by atoms with E-state index in [1.807, 2.05) is 23.6 Å². The summed E-state index contributed by atoms with van der Waals surface area (Å²) in [5.74, 6) is 0.00567. The van der Waals surface area contributed by atoms with E-state index in [2.05, 4.69) is 48.4 Å². The van der Waals surface area contributed by atoms with Gasteiger partial charge in [-0.25, -0.2) is 0 Å². The predicted molar refractivity (Wildman–Crippen MR) is 106 cm³/mol. The number of hydrogen-bond donors (Lipinski definition) is 2. The van der Waals surface area contributed by atoms with Crippen LogP contribution in [0.15, 0.2) is 47.8 Å². The van der Waals surface area contributed by atoms with Crippen molar-refractivity contribution in [2.75, 3.05) is 6.54 Å². The third-order valence-corrected chi connectivity index (χ3v) is 5.71. The molecule has 0 bridgehead atoms. The van der Waals surface area contributed by atoms with Crippen LogP contribution in [0.3, 0.4) is 0 Å². The summed E-state index contributed by atoms with van der Waals surface area (Å²) in [6.07, 6.45) is 0.823. The van der Waals surface area contributed by atoms with Crippen molar-refractivity contribution in [3.8, 4) is 0 Å². The molecule has 4 heteroatoms. The standard InChI is InChI=1S/C21H20N2OS/c1-13-6-5-8-17-15(14(2)23-20(13)17)10-11-22-21(24)18-12-25-19-9-4-3-7-16(18)19/h3-9,12,23H,10-11H2,1-2H3,(H,22,24). The number of fused-ring (bicyclic) bond motifs is 2. The molecular weight excluding hydrogens is 328 g/mol. The Morgan fingerprint density at radius 1 is 1.08 bits per heavy atom. The maximum atomic E-state index is 12.5. The van der Waals surface area contributed by atoms with E-state index in [-0.39, 0.29) is 5.91 Å². The van der Waals surface area contributed by atoms with Crippen LogP contribution in [0.25, 0.3) is 21.0 Å². The molecule has 0 aliphatic rings. The zero-order valence-corrected chi connectivity index (χ0v) is 15.2. The van der Waals surface area contributed by atoms with E-state index in [1.54, 1.807) is 11.3 Å². The van der Waals surface area contributed by atoms with E-state index in [9.17, 15) is 4.79 Å². The molecule has 2 N–H and O–H groups in total. The molecule has 126 valence electrons. The number of para-hydroxylation sites is 1. The number of nitrogens with one attached hydrogen (secondary N) is 2. The number of aryl methyl sites for hydroxylation is 2. The summed E-state index contributed by atoms with van der Waals surface area (Å²) >= 11 is 1.61. The van der Waals surface area contributed by atoms with Crippen LogP contribution in [0.5, 0.6) is 0 Å². The molecule has 0 aliphatic heterocycles. The second-order valence-electron chi connectivity index (χ2n) is 6.38. The van der Waals surface area contributed by atoms with Gasteiger partial charge in [-0.3, -0.25) is 4.79 Å². The second kappa shape index (κ2) is 6.37. The van der Waals surface area contributed by atoms with Gasteiger partial charge in [0.05, 0.1) is 5.56 Å². The van der Waals surface area contributed by atoms with Crippen molar-refractivity contribution < 1.29 is 4.79 Å². The van der Waals surface area contributed by atoms with Crippen LogP contribution >= 0.6 is 11.3 Å². The smallest absolute Gasteiger partial charge is 0.252 e. The lowest BCUT2D eigenvalue weighted by atomic mass is 10.1. The Balaban J connectivity index is 1.50. The maximum absolute atomic E-state index is 12.5. The molecule has 4 aromatic rings. The van der Waals surface area contributed by atoms with Crippen molar-refractivity contribution in [3.05, 3.63) is 70.2 Å². The van der Waals surface area contributed by atoms with Crippen LogP contribution in [0, 0.1) is 13.8 Å². The summed E-state index contributed by atoms with van der Waals surface area (Å²) in [5.41, 5.74) is 5.69. The largest absolute Gasteiger partial charge is 0.358 e. The number of carbonyl (C=O) groups excluding carboxylic acids is 1. The highest BCUT2D eigenvalue weighted by Gasteiger charge is 2.13. The number of amides is 1. The molecular formula is C21H20N2OS. The van der Waals surface area contributed by atoms with E-state index >= 15 is 0 Å². The topological polar surface area (TPSA) is 44.9 Å². The molecule has 2 aromatic carbocycles. The van der Waals surface area contributed by atoms with E-state index in [0.717, 1.165) is 22.1 Å². The van der Waals surface area contributed by atoms with Gasteiger partial charge in [-0.2, -0.15) is 0 Å². The number of aromatic nitrogens is 1. The molecule has 4 rings (SSSR count). The molecule has 0 spiro atoms. The summed E-state index contributed by atoms with van der Waals surface area (Å²) in [6.45, 7) is 4.85. The SMILES string of the molecule is Cc1[nH]c2c(C)cccc2c1CCNC(=O)c1csc2ccccc12. The Morgan fingerprint density at radius 3 is 2.76 bits per heavy atom. The quantitative estimate of drug-likeness (QED) is 0.537. The molecule has 0 atom stereocenters. The zero-order valence-electron chi connectivity index (χ0n) is 14.3. The van der Waals surface area contributed by atoms with Crippen LogP contribution < -0.4 is 5.32 Å². The first kappa shape index (κ1) is 15.9. The zero-order chi connectivity index (χ0) is 17.4. The Morgan fingerprint density at radius 2 is 1.88 bits per heavy atom. The van der Waals surface area contributed by atoms with Gasteiger partial charge < -0.3 is 10.3 Å². The van der Waals surface area contributed by atoms with E-state index in [0.29, 0.717) is 6.54 Å². The Hall–Kier alpha value is -2.59. The van der Waals surface area contributed by atoms with E-state index in [1.165, 1.54) is 27.7 Å². The van der Waals surface area contributed by atoms with Crippen molar-refractivity contribution in [2.45, 2.75) is 20.3 Å². The lowest BCUT2D eigenvalue weighted by molar-refractivity contribution is 0.0956. The average molecular weight is 348 g/mol. The van der Waals surface area contributed by atoms with Gasteiger partial charge in [0.15, 0.2) is 0 Å². The molecule has 2 aromatic heterocycles. The van der Waals surface area contributed by atoms with Crippen LogP contribution in [-0.2, 0) is 6.42 Å². The van der Waals surface area contributed by atoms with Crippen molar-refractivity contribution >= 4 is 38.2 Å². The van der Waals surface area contributed by atoms with Gasteiger partial charge in [-0.1, -0.05) is 36.4 Å². The Labute approximate surface area is 150 Å². The molecule has 0 radical (unpaired) electrons. The predicted octanol–water partition coefficient (Wildman–Crippen LogP) is 4.97. The average Bonchev–Trinajstić information content (AvgIpc) is 3.17. The fraction of sp³-hybridized carbons (Fsp3) is 0.190. The third-order valence-electron chi connectivity index (χ3n) is 4.75. The minimum Gasteiger partial charge on any atom is -0.358 e. The minimum absolute atomic E-state index is 0.00567. The van der Waals surface area contributed by atoms with Crippen LogP contribution in [0.4, 0.5) is 0 Å². The Kier molecular flexibility index (Phi) is 4.06. The fourth-order valence-electron chi connectivity index (χ4n) is 3.42. The fourth-order valence-corrected chi connectivity index (χ4v) is 4.36. The summed E-state index contributed by atoms with van der Waals surface area (Å²) in [6, 6.07) is 14.4. The number of benzene rings is 2. The molecule has 25 heavy (non-hydrogen) atoms. The minimum atomic E-state index is 0.00567. The van der Waals surface area contributed by atoms with Crippen molar-refractivity contribution in [1.29, 1.82) is 0 Å². The molecule has 1 amide bonds. The molecule has 2 heterocycles. The van der Waals surface area contributed by atoms with Crippen molar-refractivity contribution in [3.63, 3.8) is 0 Å². The van der Waals surface area contributed by atoms with E-state index in [4.69, 9.17) is 0 Å². The highest BCUT2D eigenvalue weighted by Crippen LogP contribution is 2.26. The lowest BCUT2D eigenvalue weighted by Gasteiger charge is -2.05. The monoisotopic (exact) mass is 348 g/mol. The van der Waals surface area contributed by atoms with Gasteiger partial charge in [-0.05, 0) is 37.5 Å². The van der Waals surface area contributed by atoms with Crippen molar-refractivity contribution in [1.82, 2.24) is 10.3 Å².